The molecule has 0 bridgehead atoms. The molecule has 1 aliphatic carbocycles. The maximum atomic E-state index is 12.0. The van der Waals surface area contributed by atoms with Crippen LogP contribution in [0.5, 0.6) is 0 Å². The van der Waals surface area contributed by atoms with Crippen molar-refractivity contribution in [1.29, 1.82) is 0 Å². The maximum Gasteiger partial charge on any atom is 0.308 e. The highest BCUT2D eigenvalue weighted by molar-refractivity contribution is 14.0. The largest absolute Gasteiger partial charge is 0.466 e. The molecular formula is C20H33IN4O4. The van der Waals surface area contributed by atoms with E-state index in [1.54, 1.807) is 13.1 Å². The fraction of sp³-hybridized carbons (Fsp3) is 0.650. The van der Waals surface area contributed by atoms with Gasteiger partial charge in [0, 0.05) is 31.7 Å². The molecule has 0 aromatic carbocycles. The maximum absolute atomic E-state index is 12.0. The number of furan rings is 1. The first-order valence-corrected chi connectivity index (χ1v) is 10.0. The van der Waals surface area contributed by atoms with Crippen molar-refractivity contribution in [1.82, 2.24) is 16.0 Å². The van der Waals surface area contributed by atoms with Crippen molar-refractivity contribution in [2.24, 2.45) is 10.9 Å². The van der Waals surface area contributed by atoms with Crippen LogP contribution in [0, 0.1) is 12.8 Å². The van der Waals surface area contributed by atoms with Gasteiger partial charge in [-0.15, -0.1) is 24.0 Å². The average molecular weight is 520 g/mol. The Morgan fingerprint density at radius 3 is 2.48 bits per heavy atom. The summed E-state index contributed by atoms with van der Waals surface area (Å²) in [6.07, 6.45) is 5.80. The molecule has 9 heteroatoms. The van der Waals surface area contributed by atoms with Gasteiger partial charge in [0.25, 0.3) is 5.91 Å². The standard InChI is InChI=1S/C20H32N4O4.HI/c1-4-27-19(26)15-6-8-16(9-7-15)24-20(21-3)23-12-5-11-22-18(25)17-14(2)10-13-28-17;/h10,13,15-16H,4-9,11-12H2,1-3H3,(H,22,25)(H2,21,23,24);1H. The zero-order chi connectivity index (χ0) is 20.4. The number of esters is 1. The molecule has 0 unspecified atom stereocenters. The third kappa shape index (κ3) is 8.23. The highest BCUT2D eigenvalue weighted by Crippen LogP contribution is 2.25. The van der Waals surface area contributed by atoms with Crippen molar-refractivity contribution >= 4 is 41.8 Å². The minimum Gasteiger partial charge on any atom is -0.466 e. The lowest BCUT2D eigenvalue weighted by atomic mass is 9.86. The van der Waals surface area contributed by atoms with E-state index in [0.717, 1.165) is 43.6 Å². The first kappa shape index (κ1) is 25.3. The summed E-state index contributed by atoms with van der Waals surface area (Å²) in [5.74, 6) is 0.865. The molecule has 164 valence electrons. The molecule has 0 saturated heterocycles. The second-order valence-electron chi connectivity index (χ2n) is 6.99. The summed E-state index contributed by atoms with van der Waals surface area (Å²) in [5.41, 5.74) is 0.831. The Morgan fingerprint density at radius 2 is 1.90 bits per heavy atom. The van der Waals surface area contributed by atoms with Gasteiger partial charge >= 0.3 is 5.97 Å². The molecule has 0 spiro atoms. The second kappa shape index (κ2) is 13.4. The minimum atomic E-state index is -0.191. The topological polar surface area (TPSA) is 105 Å². The number of halogens is 1. The molecule has 1 amide bonds. The van der Waals surface area contributed by atoms with Crippen LogP contribution in [0.3, 0.4) is 0 Å². The number of carbonyl (C=O) groups excluding carboxylic acids is 2. The van der Waals surface area contributed by atoms with E-state index < -0.39 is 0 Å². The Balaban J connectivity index is 0.00000420. The van der Waals surface area contributed by atoms with Gasteiger partial charge in [0.05, 0.1) is 18.8 Å². The van der Waals surface area contributed by atoms with Crippen LogP contribution in [0.15, 0.2) is 21.7 Å². The van der Waals surface area contributed by atoms with E-state index in [1.807, 2.05) is 13.8 Å². The van der Waals surface area contributed by atoms with Gasteiger partial charge in [-0.1, -0.05) is 0 Å². The van der Waals surface area contributed by atoms with Crippen LogP contribution in [0.4, 0.5) is 0 Å². The predicted molar refractivity (Wildman–Crippen MR) is 123 cm³/mol. The molecule has 1 aromatic rings. The zero-order valence-electron chi connectivity index (χ0n) is 17.5. The molecule has 0 radical (unpaired) electrons. The van der Waals surface area contributed by atoms with E-state index in [4.69, 9.17) is 9.15 Å². The highest BCUT2D eigenvalue weighted by Gasteiger charge is 2.27. The van der Waals surface area contributed by atoms with Crippen LogP contribution in [0.2, 0.25) is 0 Å². The Kier molecular flexibility index (Phi) is 11.7. The Labute approximate surface area is 189 Å². The van der Waals surface area contributed by atoms with Crippen molar-refractivity contribution in [2.45, 2.75) is 52.0 Å². The summed E-state index contributed by atoms with van der Waals surface area (Å²) in [5, 5.41) is 9.52. The monoisotopic (exact) mass is 520 g/mol. The first-order valence-electron chi connectivity index (χ1n) is 10.0. The smallest absolute Gasteiger partial charge is 0.308 e. The Morgan fingerprint density at radius 1 is 1.21 bits per heavy atom. The summed E-state index contributed by atoms with van der Waals surface area (Å²) in [4.78, 5) is 28.0. The highest BCUT2D eigenvalue weighted by atomic mass is 127. The fourth-order valence-electron chi connectivity index (χ4n) is 3.30. The molecule has 0 atom stereocenters. The molecule has 29 heavy (non-hydrogen) atoms. The summed E-state index contributed by atoms with van der Waals surface area (Å²) in [6.45, 7) is 5.36. The van der Waals surface area contributed by atoms with Crippen LogP contribution in [-0.2, 0) is 9.53 Å². The van der Waals surface area contributed by atoms with Gasteiger partial charge in [-0.2, -0.15) is 0 Å². The SMILES string of the molecule is CCOC(=O)C1CCC(NC(=NC)NCCCNC(=O)c2occc2C)CC1.I. The fourth-order valence-corrected chi connectivity index (χ4v) is 3.30. The van der Waals surface area contributed by atoms with Crippen molar-refractivity contribution in [3.8, 4) is 0 Å². The second-order valence-corrected chi connectivity index (χ2v) is 6.99. The number of carbonyl (C=O) groups is 2. The number of ether oxygens (including phenoxy) is 1. The number of rotatable bonds is 8. The molecule has 1 heterocycles. The third-order valence-electron chi connectivity index (χ3n) is 4.91. The number of guanidine groups is 1. The van der Waals surface area contributed by atoms with Crippen LogP contribution in [-0.4, -0.2) is 50.6 Å². The first-order chi connectivity index (χ1) is 13.5. The number of aryl methyl sites for hydroxylation is 1. The lowest BCUT2D eigenvalue weighted by Crippen LogP contribution is -2.46. The summed E-state index contributed by atoms with van der Waals surface area (Å²) >= 11 is 0. The molecule has 1 saturated carbocycles. The van der Waals surface area contributed by atoms with E-state index in [2.05, 4.69) is 20.9 Å². The van der Waals surface area contributed by atoms with E-state index in [-0.39, 0.29) is 41.8 Å². The molecule has 8 nitrogen and oxygen atoms in total. The number of aliphatic imine (C=N–C) groups is 1. The zero-order valence-corrected chi connectivity index (χ0v) is 19.8. The van der Waals surface area contributed by atoms with Crippen LogP contribution < -0.4 is 16.0 Å². The Bertz CT molecular complexity index is 669. The summed E-state index contributed by atoms with van der Waals surface area (Å²) in [6, 6.07) is 2.07. The van der Waals surface area contributed by atoms with E-state index in [1.165, 1.54) is 6.26 Å². The number of hydrogen-bond donors (Lipinski definition) is 3. The van der Waals surface area contributed by atoms with E-state index in [9.17, 15) is 9.59 Å². The van der Waals surface area contributed by atoms with Crippen molar-refractivity contribution in [2.75, 3.05) is 26.7 Å². The van der Waals surface area contributed by atoms with Gasteiger partial charge in [0.1, 0.15) is 0 Å². The van der Waals surface area contributed by atoms with Crippen LogP contribution in [0.1, 0.15) is 55.1 Å². The Hall–Kier alpha value is -1.78. The molecular weight excluding hydrogens is 487 g/mol. The lowest BCUT2D eigenvalue weighted by Gasteiger charge is -2.29. The molecule has 3 N–H and O–H groups in total. The molecule has 1 aliphatic rings. The lowest BCUT2D eigenvalue weighted by molar-refractivity contribution is -0.149. The third-order valence-corrected chi connectivity index (χ3v) is 4.91. The van der Waals surface area contributed by atoms with Gasteiger partial charge in [-0.3, -0.25) is 14.6 Å². The normalized spacial score (nSPS) is 19.1. The van der Waals surface area contributed by atoms with Crippen molar-refractivity contribution in [3.63, 3.8) is 0 Å². The van der Waals surface area contributed by atoms with E-state index >= 15 is 0 Å². The molecule has 1 aromatic heterocycles. The summed E-state index contributed by atoms with van der Waals surface area (Å²) in [7, 11) is 1.74. The number of hydrogen-bond acceptors (Lipinski definition) is 5. The molecule has 1 fully saturated rings. The van der Waals surface area contributed by atoms with Gasteiger partial charge < -0.3 is 25.1 Å². The van der Waals surface area contributed by atoms with Crippen molar-refractivity contribution in [3.05, 3.63) is 23.7 Å². The number of nitrogens with one attached hydrogen (secondary N) is 3. The quantitative estimate of drug-likeness (QED) is 0.160. The van der Waals surface area contributed by atoms with Gasteiger partial charge in [-0.05, 0) is 52.0 Å². The average Bonchev–Trinajstić information content (AvgIpc) is 3.13. The molecule has 0 aliphatic heterocycles. The van der Waals surface area contributed by atoms with Gasteiger partial charge in [0.15, 0.2) is 11.7 Å². The summed E-state index contributed by atoms with van der Waals surface area (Å²) < 4.78 is 10.3. The minimum absolute atomic E-state index is 0. The van der Waals surface area contributed by atoms with Crippen molar-refractivity contribution < 1.29 is 18.7 Å². The number of nitrogens with zero attached hydrogens (tertiary/aromatic N) is 1. The number of amides is 1. The van der Waals surface area contributed by atoms with Crippen LogP contribution >= 0.6 is 24.0 Å². The van der Waals surface area contributed by atoms with E-state index in [0.29, 0.717) is 31.5 Å². The predicted octanol–water partition coefficient (Wildman–Crippen LogP) is 2.61. The molecule has 2 rings (SSSR count). The van der Waals surface area contributed by atoms with Crippen LogP contribution in [0.25, 0.3) is 0 Å². The van der Waals surface area contributed by atoms with Gasteiger partial charge in [0.2, 0.25) is 0 Å². The van der Waals surface area contributed by atoms with Gasteiger partial charge in [-0.25, -0.2) is 0 Å².